The van der Waals surface area contributed by atoms with Gasteiger partial charge in [0, 0.05) is 6.04 Å². The van der Waals surface area contributed by atoms with Crippen LogP contribution < -0.4 is 0 Å². The van der Waals surface area contributed by atoms with Gasteiger partial charge < -0.3 is 10.0 Å². The first-order valence-electron chi connectivity index (χ1n) is 5.87. The predicted molar refractivity (Wildman–Crippen MR) is 60.9 cm³/mol. The molecular weight excluding hydrogens is 190 g/mol. The summed E-state index contributed by atoms with van der Waals surface area (Å²) in [4.78, 5) is 13.3. The van der Waals surface area contributed by atoms with Crippen molar-refractivity contribution < 1.29 is 9.90 Å². The molecule has 1 saturated carbocycles. The van der Waals surface area contributed by atoms with Crippen LogP contribution in [0, 0.1) is 5.41 Å². The summed E-state index contributed by atoms with van der Waals surface area (Å²) in [5, 5.41) is 9.00. The first-order chi connectivity index (χ1) is 6.93. The van der Waals surface area contributed by atoms with Crippen molar-refractivity contribution in [1.29, 1.82) is 0 Å². The monoisotopic (exact) mass is 213 g/mol. The lowest BCUT2D eigenvalue weighted by Gasteiger charge is -2.27. The van der Waals surface area contributed by atoms with E-state index >= 15 is 0 Å². The van der Waals surface area contributed by atoms with Crippen molar-refractivity contribution in [2.45, 2.75) is 52.0 Å². The average Bonchev–Trinajstić information content (AvgIpc) is 2.66. The Balaban J connectivity index is 2.32. The molecule has 88 valence electrons. The zero-order valence-corrected chi connectivity index (χ0v) is 10.1. The van der Waals surface area contributed by atoms with Gasteiger partial charge in [0.15, 0.2) is 0 Å². The Morgan fingerprint density at radius 1 is 1.40 bits per heavy atom. The van der Waals surface area contributed by atoms with Crippen LogP contribution in [0.5, 0.6) is 0 Å². The quantitative estimate of drug-likeness (QED) is 0.762. The highest BCUT2D eigenvalue weighted by atomic mass is 16.4. The lowest BCUT2D eigenvalue weighted by molar-refractivity contribution is -0.147. The van der Waals surface area contributed by atoms with Gasteiger partial charge >= 0.3 is 5.97 Å². The topological polar surface area (TPSA) is 40.5 Å². The minimum absolute atomic E-state index is 0.590. The van der Waals surface area contributed by atoms with Gasteiger partial charge in [0.05, 0.1) is 5.41 Å². The summed E-state index contributed by atoms with van der Waals surface area (Å²) in [6, 6.07) is 0.689. The lowest BCUT2D eigenvalue weighted by atomic mass is 9.89. The average molecular weight is 213 g/mol. The van der Waals surface area contributed by atoms with Crippen LogP contribution >= 0.6 is 0 Å². The van der Waals surface area contributed by atoms with E-state index in [0.717, 1.165) is 13.0 Å². The van der Waals surface area contributed by atoms with Crippen LogP contribution in [0.2, 0.25) is 0 Å². The lowest BCUT2D eigenvalue weighted by Crippen LogP contribution is -2.34. The fourth-order valence-electron chi connectivity index (χ4n) is 2.09. The highest BCUT2D eigenvalue weighted by Gasteiger charge is 2.28. The van der Waals surface area contributed by atoms with E-state index in [0.29, 0.717) is 6.04 Å². The largest absolute Gasteiger partial charge is 0.481 e. The van der Waals surface area contributed by atoms with E-state index in [4.69, 9.17) is 5.11 Å². The summed E-state index contributed by atoms with van der Waals surface area (Å²) in [5.41, 5.74) is -0.590. The van der Waals surface area contributed by atoms with Gasteiger partial charge in [-0.1, -0.05) is 12.8 Å². The predicted octanol–water partition coefficient (Wildman–Crippen LogP) is 2.36. The molecule has 1 aliphatic carbocycles. The number of carbonyl (C=O) groups is 1. The van der Waals surface area contributed by atoms with Gasteiger partial charge in [-0.05, 0) is 46.7 Å². The van der Waals surface area contributed by atoms with Crippen LogP contribution in [0.1, 0.15) is 46.0 Å². The van der Waals surface area contributed by atoms with Crippen molar-refractivity contribution in [2.24, 2.45) is 5.41 Å². The number of rotatable bonds is 5. The Kier molecular flexibility index (Phi) is 4.14. The third kappa shape index (κ3) is 3.49. The molecule has 0 atom stereocenters. The van der Waals surface area contributed by atoms with Crippen LogP contribution in [-0.2, 0) is 4.79 Å². The molecule has 1 N–H and O–H groups in total. The molecule has 0 aliphatic heterocycles. The second-order valence-corrected chi connectivity index (χ2v) is 5.36. The molecule has 0 unspecified atom stereocenters. The normalized spacial score (nSPS) is 18.7. The summed E-state index contributed by atoms with van der Waals surface area (Å²) in [6.07, 6.45) is 5.96. The molecule has 0 saturated heterocycles. The number of nitrogens with zero attached hydrogens (tertiary/aromatic N) is 1. The Morgan fingerprint density at radius 3 is 2.40 bits per heavy atom. The first kappa shape index (κ1) is 12.5. The Hall–Kier alpha value is -0.570. The van der Waals surface area contributed by atoms with E-state index in [1.165, 1.54) is 25.7 Å². The summed E-state index contributed by atoms with van der Waals surface area (Å²) in [6.45, 7) is 4.50. The molecule has 1 rings (SSSR count). The van der Waals surface area contributed by atoms with Crippen molar-refractivity contribution in [3.8, 4) is 0 Å². The minimum atomic E-state index is -0.692. The summed E-state index contributed by atoms with van der Waals surface area (Å²) >= 11 is 0. The van der Waals surface area contributed by atoms with Crippen molar-refractivity contribution in [3.05, 3.63) is 0 Å². The van der Waals surface area contributed by atoms with Crippen LogP contribution in [0.3, 0.4) is 0 Å². The second kappa shape index (κ2) is 4.97. The zero-order valence-electron chi connectivity index (χ0n) is 10.1. The standard InChI is InChI=1S/C12H23NO2/c1-12(2,11(14)15)8-9-13(3)10-6-4-5-7-10/h10H,4-9H2,1-3H3,(H,14,15). The van der Waals surface area contributed by atoms with E-state index in [1.54, 1.807) is 13.8 Å². The maximum atomic E-state index is 10.9. The second-order valence-electron chi connectivity index (χ2n) is 5.36. The van der Waals surface area contributed by atoms with Gasteiger partial charge in [0.25, 0.3) is 0 Å². The summed E-state index contributed by atoms with van der Waals surface area (Å²) in [7, 11) is 2.12. The maximum absolute atomic E-state index is 10.9. The zero-order chi connectivity index (χ0) is 11.5. The Morgan fingerprint density at radius 2 is 1.93 bits per heavy atom. The smallest absolute Gasteiger partial charge is 0.309 e. The van der Waals surface area contributed by atoms with Crippen molar-refractivity contribution in [3.63, 3.8) is 0 Å². The first-order valence-corrected chi connectivity index (χ1v) is 5.87. The molecule has 0 aromatic rings. The van der Waals surface area contributed by atoms with Crippen LogP contribution in [0.15, 0.2) is 0 Å². The van der Waals surface area contributed by atoms with Crippen molar-refractivity contribution >= 4 is 5.97 Å². The van der Waals surface area contributed by atoms with Crippen LogP contribution in [0.25, 0.3) is 0 Å². The Labute approximate surface area is 92.5 Å². The molecule has 0 amide bonds. The van der Waals surface area contributed by atoms with Gasteiger partial charge in [-0.25, -0.2) is 0 Å². The molecule has 1 fully saturated rings. The maximum Gasteiger partial charge on any atom is 0.309 e. The van der Waals surface area contributed by atoms with Gasteiger partial charge in [-0.3, -0.25) is 4.79 Å². The molecular formula is C12H23NO2. The van der Waals surface area contributed by atoms with E-state index in [1.807, 2.05) is 0 Å². The molecule has 0 heterocycles. The number of carboxylic acid groups (broad SMARTS) is 1. The molecule has 3 nitrogen and oxygen atoms in total. The van der Waals surface area contributed by atoms with Gasteiger partial charge in [-0.15, -0.1) is 0 Å². The SMILES string of the molecule is CN(CCC(C)(C)C(=O)O)C1CCCC1. The molecule has 3 heteroatoms. The third-order valence-corrected chi connectivity index (χ3v) is 3.62. The van der Waals surface area contributed by atoms with Crippen LogP contribution in [-0.4, -0.2) is 35.6 Å². The molecule has 0 bridgehead atoms. The van der Waals surface area contributed by atoms with Crippen LogP contribution in [0.4, 0.5) is 0 Å². The minimum Gasteiger partial charge on any atom is -0.481 e. The fraction of sp³-hybridized carbons (Fsp3) is 0.917. The summed E-state index contributed by atoms with van der Waals surface area (Å²) in [5.74, 6) is -0.692. The third-order valence-electron chi connectivity index (χ3n) is 3.62. The molecule has 15 heavy (non-hydrogen) atoms. The number of hydrogen-bond donors (Lipinski definition) is 1. The van der Waals surface area contributed by atoms with Crippen molar-refractivity contribution in [2.75, 3.05) is 13.6 Å². The number of carboxylic acids is 1. The molecule has 0 radical (unpaired) electrons. The highest BCUT2D eigenvalue weighted by Crippen LogP contribution is 2.25. The van der Waals surface area contributed by atoms with E-state index in [2.05, 4.69) is 11.9 Å². The molecule has 0 aromatic carbocycles. The van der Waals surface area contributed by atoms with Crippen molar-refractivity contribution in [1.82, 2.24) is 4.90 Å². The fourth-order valence-corrected chi connectivity index (χ4v) is 2.09. The number of hydrogen-bond acceptors (Lipinski definition) is 2. The highest BCUT2D eigenvalue weighted by molar-refractivity contribution is 5.73. The summed E-state index contributed by atoms with van der Waals surface area (Å²) < 4.78 is 0. The van der Waals surface area contributed by atoms with Gasteiger partial charge in [-0.2, -0.15) is 0 Å². The number of aliphatic carboxylic acids is 1. The molecule has 0 aromatic heterocycles. The van der Waals surface area contributed by atoms with E-state index in [9.17, 15) is 4.79 Å². The van der Waals surface area contributed by atoms with E-state index < -0.39 is 11.4 Å². The Bertz CT molecular complexity index is 220. The molecule has 1 aliphatic rings. The van der Waals surface area contributed by atoms with Gasteiger partial charge in [0.2, 0.25) is 0 Å². The van der Waals surface area contributed by atoms with E-state index in [-0.39, 0.29) is 0 Å². The molecule has 0 spiro atoms. The van der Waals surface area contributed by atoms with Gasteiger partial charge in [0.1, 0.15) is 0 Å².